The summed E-state index contributed by atoms with van der Waals surface area (Å²) in [6.07, 6.45) is 1.81. The first-order valence-electron chi connectivity index (χ1n) is 9.50. The van der Waals surface area contributed by atoms with Crippen LogP contribution in [0.3, 0.4) is 0 Å². The van der Waals surface area contributed by atoms with Crippen molar-refractivity contribution < 1.29 is 0 Å². The molecule has 0 atom stereocenters. The van der Waals surface area contributed by atoms with E-state index in [1.807, 2.05) is 89.6 Å². The van der Waals surface area contributed by atoms with E-state index in [9.17, 15) is 5.26 Å². The van der Waals surface area contributed by atoms with Gasteiger partial charge in [0.2, 0.25) is 0 Å². The predicted octanol–water partition coefficient (Wildman–Crippen LogP) is 6.21. The average molecular weight is 404 g/mol. The molecule has 0 amide bonds. The summed E-state index contributed by atoms with van der Waals surface area (Å²) in [4.78, 5) is 4.62. The van der Waals surface area contributed by atoms with Gasteiger partial charge in [-0.1, -0.05) is 60.7 Å². The molecule has 0 saturated heterocycles. The van der Waals surface area contributed by atoms with Gasteiger partial charge in [-0.25, -0.2) is 9.67 Å². The van der Waals surface area contributed by atoms with Crippen molar-refractivity contribution in [3.63, 3.8) is 0 Å². The molecule has 0 saturated carbocycles. The van der Waals surface area contributed by atoms with Gasteiger partial charge in [0.1, 0.15) is 11.1 Å². The molecule has 5 rings (SSSR count). The van der Waals surface area contributed by atoms with Crippen LogP contribution in [-0.4, -0.2) is 14.8 Å². The maximum absolute atomic E-state index is 9.79. The van der Waals surface area contributed by atoms with Crippen molar-refractivity contribution in [3.05, 3.63) is 102 Å². The molecule has 0 spiro atoms. The van der Waals surface area contributed by atoms with Crippen LogP contribution in [0.15, 0.2) is 91.0 Å². The van der Waals surface area contributed by atoms with Crippen molar-refractivity contribution in [1.29, 1.82) is 5.26 Å². The lowest BCUT2D eigenvalue weighted by Gasteiger charge is -2.07. The first kappa shape index (κ1) is 18.0. The number of nitrogens with zero attached hydrogens (tertiary/aromatic N) is 4. The van der Waals surface area contributed by atoms with E-state index in [4.69, 9.17) is 5.10 Å². The fourth-order valence-corrected chi connectivity index (χ4v) is 4.26. The van der Waals surface area contributed by atoms with Crippen molar-refractivity contribution in [3.8, 4) is 23.0 Å². The maximum Gasteiger partial charge on any atom is 0.135 e. The molecule has 5 heteroatoms. The number of aromatic nitrogens is 3. The highest BCUT2D eigenvalue weighted by Gasteiger charge is 2.13. The molecule has 2 aromatic heterocycles. The minimum atomic E-state index is 0.508. The number of rotatable bonds is 4. The number of benzene rings is 3. The Hall–Kier alpha value is -4.01. The van der Waals surface area contributed by atoms with E-state index < -0.39 is 0 Å². The first-order valence-corrected chi connectivity index (χ1v) is 10.3. The highest BCUT2D eigenvalue weighted by molar-refractivity contribution is 7.19. The number of allylic oxidation sites excluding steroid dienone is 1. The SMILES string of the molecule is N#C/C(=C/c1cc(-c2ccccc2)n(-c2ccccc2)n1)c1nc2ccccc2s1. The molecule has 142 valence electrons. The first-order chi connectivity index (χ1) is 14.8. The molecular formula is C25H16N4S. The van der Waals surface area contributed by atoms with Crippen molar-refractivity contribution in [2.24, 2.45) is 0 Å². The molecule has 0 bridgehead atoms. The lowest BCUT2D eigenvalue weighted by molar-refractivity contribution is 0.883. The van der Waals surface area contributed by atoms with Crippen LogP contribution in [0, 0.1) is 11.3 Å². The minimum absolute atomic E-state index is 0.508. The third-order valence-electron chi connectivity index (χ3n) is 4.74. The Morgan fingerprint density at radius 2 is 1.60 bits per heavy atom. The molecule has 30 heavy (non-hydrogen) atoms. The number of thiazole rings is 1. The minimum Gasteiger partial charge on any atom is -0.235 e. The third-order valence-corrected chi connectivity index (χ3v) is 5.81. The lowest BCUT2D eigenvalue weighted by Crippen LogP contribution is -1.98. The van der Waals surface area contributed by atoms with Crippen LogP contribution in [0.4, 0.5) is 0 Å². The lowest BCUT2D eigenvalue weighted by atomic mass is 10.1. The number of nitriles is 1. The second kappa shape index (κ2) is 7.78. The monoisotopic (exact) mass is 404 g/mol. The number of para-hydroxylation sites is 2. The van der Waals surface area contributed by atoms with Gasteiger partial charge >= 0.3 is 0 Å². The summed E-state index contributed by atoms with van der Waals surface area (Å²) < 4.78 is 2.97. The molecule has 5 aromatic rings. The summed E-state index contributed by atoms with van der Waals surface area (Å²) in [5, 5.41) is 15.3. The van der Waals surface area contributed by atoms with Gasteiger partial charge in [-0.15, -0.1) is 11.3 Å². The Bertz CT molecular complexity index is 1300. The zero-order valence-corrected chi connectivity index (χ0v) is 16.8. The maximum atomic E-state index is 9.79. The van der Waals surface area contributed by atoms with Crippen LogP contribution < -0.4 is 0 Å². The van der Waals surface area contributed by atoms with E-state index in [2.05, 4.69) is 23.2 Å². The van der Waals surface area contributed by atoms with Crippen LogP contribution in [0.2, 0.25) is 0 Å². The summed E-state index contributed by atoms with van der Waals surface area (Å²) in [7, 11) is 0. The Morgan fingerprint density at radius 3 is 2.33 bits per heavy atom. The van der Waals surface area contributed by atoms with Crippen molar-refractivity contribution in [2.75, 3.05) is 0 Å². The van der Waals surface area contributed by atoms with Gasteiger partial charge in [0.15, 0.2) is 0 Å². The fourth-order valence-electron chi connectivity index (χ4n) is 3.33. The molecule has 0 aliphatic rings. The zero-order chi connectivity index (χ0) is 20.3. The van der Waals surface area contributed by atoms with E-state index >= 15 is 0 Å². The molecule has 0 aliphatic heterocycles. The van der Waals surface area contributed by atoms with Gasteiger partial charge in [0, 0.05) is 5.56 Å². The number of hydrogen-bond acceptors (Lipinski definition) is 4. The molecule has 0 unspecified atom stereocenters. The van der Waals surface area contributed by atoms with E-state index in [0.717, 1.165) is 27.2 Å². The molecule has 2 heterocycles. The normalized spacial score (nSPS) is 11.5. The Morgan fingerprint density at radius 1 is 0.900 bits per heavy atom. The van der Waals surface area contributed by atoms with Gasteiger partial charge in [-0.05, 0) is 36.4 Å². The highest BCUT2D eigenvalue weighted by atomic mass is 32.1. The smallest absolute Gasteiger partial charge is 0.135 e. The van der Waals surface area contributed by atoms with Gasteiger partial charge in [0.05, 0.1) is 32.9 Å². The van der Waals surface area contributed by atoms with Gasteiger partial charge in [0.25, 0.3) is 0 Å². The van der Waals surface area contributed by atoms with Crippen LogP contribution >= 0.6 is 11.3 Å². The van der Waals surface area contributed by atoms with E-state index in [1.165, 1.54) is 11.3 Å². The van der Waals surface area contributed by atoms with Crippen LogP contribution in [0.5, 0.6) is 0 Å². The topological polar surface area (TPSA) is 54.5 Å². The van der Waals surface area contributed by atoms with E-state index in [-0.39, 0.29) is 0 Å². The molecule has 0 aliphatic carbocycles. The number of fused-ring (bicyclic) bond motifs is 1. The third kappa shape index (κ3) is 3.41. The second-order valence-electron chi connectivity index (χ2n) is 6.72. The largest absolute Gasteiger partial charge is 0.235 e. The summed E-state index contributed by atoms with van der Waals surface area (Å²) in [6.45, 7) is 0. The summed E-state index contributed by atoms with van der Waals surface area (Å²) in [6, 6.07) is 32.3. The second-order valence-corrected chi connectivity index (χ2v) is 7.76. The van der Waals surface area contributed by atoms with E-state index in [1.54, 1.807) is 0 Å². The Labute approximate surface area is 178 Å². The number of hydrogen-bond donors (Lipinski definition) is 0. The van der Waals surface area contributed by atoms with Crippen molar-refractivity contribution >= 4 is 33.2 Å². The molecule has 3 aromatic carbocycles. The van der Waals surface area contributed by atoms with Gasteiger partial charge in [-0.3, -0.25) is 0 Å². The molecule has 0 radical (unpaired) electrons. The van der Waals surface area contributed by atoms with Crippen LogP contribution in [-0.2, 0) is 0 Å². The highest BCUT2D eigenvalue weighted by Crippen LogP contribution is 2.29. The average Bonchev–Trinajstić information content (AvgIpc) is 3.43. The summed E-state index contributed by atoms with van der Waals surface area (Å²) >= 11 is 1.52. The predicted molar refractivity (Wildman–Crippen MR) is 122 cm³/mol. The van der Waals surface area contributed by atoms with Gasteiger partial charge < -0.3 is 0 Å². The van der Waals surface area contributed by atoms with Crippen LogP contribution in [0.1, 0.15) is 10.7 Å². The standard InChI is InChI=1S/C25H16N4S/c26-17-19(25-27-22-13-7-8-14-24(22)30-25)15-20-16-23(18-9-3-1-4-10-18)29(28-20)21-11-5-2-6-12-21/h1-16H/b19-15-. The van der Waals surface area contributed by atoms with Crippen molar-refractivity contribution in [2.45, 2.75) is 0 Å². The Kier molecular flexibility index (Phi) is 4.68. The molecular weight excluding hydrogens is 388 g/mol. The van der Waals surface area contributed by atoms with E-state index in [0.29, 0.717) is 16.3 Å². The molecule has 0 fully saturated rings. The van der Waals surface area contributed by atoms with Crippen molar-refractivity contribution in [1.82, 2.24) is 14.8 Å². The van der Waals surface area contributed by atoms with Crippen LogP contribution in [0.25, 0.3) is 38.8 Å². The fraction of sp³-hybridized carbons (Fsp3) is 0. The summed E-state index contributed by atoms with van der Waals surface area (Å²) in [5.41, 5.74) is 5.12. The quantitative estimate of drug-likeness (QED) is 0.334. The van der Waals surface area contributed by atoms with Gasteiger partial charge in [-0.2, -0.15) is 10.4 Å². The molecule has 0 N–H and O–H groups in total. The summed E-state index contributed by atoms with van der Waals surface area (Å²) in [5.74, 6) is 0. The Balaban J connectivity index is 1.63. The molecule has 4 nitrogen and oxygen atoms in total. The zero-order valence-electron chi connectivity index (χ0n) is 15.9.